The predicted octanol–water partition coefficient (Wildman–Crippen LogP) is 2.67. The minimum absolute atomic E-state index is 0. The summed E-state index contributed by atoms with van der Waals surface area (Å²) in [4.78, 5) is 0. The van der Waals surface area contributed by atoms with Crippen LogP contribution in [0.3, 0.4) is 0 Å². The van der Waals surface area contributed by atoms with E-state index in [-0.39, 0.29) is 1.43 Å². The second-order valence-electron chi connectivity index (χ2n) is 2.95. The van der Waals surface area contributed by atoms with E-state index < -0.39 is 0 Å². The Kier molecular flexibility index (Phi) is 5.70. The van der Waals surface area contributed by atoms with Gasteiger partial charge in [0.1, 0.15) is 0 Å². The molecule has 1 rings (SSSR count). The summed E-state index contributed by atoms with van der Waals surface area (Å²) < 4.78 is 0. The summed E-state index contributed by atoms with van der Waals surface area (Å²) in [5.74, 6) is 0.831. The highest BCUT2D eigenvalue weighted by atomic mass is 14.9. The zero-order valence-electron chi connectivity index (χ0n) is 7.78. The van der Waals surface area contributed by atoms with Gasteiger partial charge in [-0.3, -0.25) is 0 Å². The predicted molar refractivity (Wildman–Crippen MR) is 49.3 cm³/mol. The molecule has 1 nitrogen and oxygen atoms in total. The van der Waals surface area contributed by atoms with Gasteiger partial charge in [0.05, 0.1) is 0 Å². The standard InChI is InChI=1S/C7H15N.C2H6.H2/c1-6(2)7-4-3-5-8-7;1-2;/h6-8H,3-5H2,1-2H3;1-2H3;1H. The van der Waals surface area contributed by atoms with Crippen molar-refractivity contribution < 1.29 is 1.43 Å². The van der Waals surface area contributed by atoms with Crippen molar-refractivity contribution in [1.29, 1.82) is 0 Å². The van der Waals surface area contributed by atoms with E-state index in [9.17, 15) is 0 Å². The summed E-state index contributed by atoms with van der Waals surface area (Å²) in [5, 5.41) is 3.46. The first-order valence-corrected chi connectivity index (χ1v) is 4.54. The largest absolute Gasteiger partial charge is 0.314 e. The Hall–Kier alpha value is -0.0400. The van der Waals surface area contributed by atoms with E-state index in [1.54, 1.807) is 0 Å². The molecule has 1 heteroatoms. The summed E-state index contributed by atoms with van der Waals surface area (Å²) in [6.45, 7) is 9.80. The van der Waals surface area contributed by atoms with Gasteiger partial charge in [0.15, 0.2) is 0 Å². The van der Waals surface area contributed by atoms with Gasteiger partial charge in [0.25, 0.3) is 0 Å². The topological polar surface area (TPSA) is 12.0 Å². The average Bonchev–Trinajstić information content (AvgIpc) is 2.42. The van der Waals surface area contributed by atoms with Crippen LogP contribution in [-0.2, 0) is 0 Å². The molecule has 1 heterocycles. The second-order valence-corrected chi connectivity index (χ2v) is 2.95. The summed E-state index contributed by atoms with van der Waals surface area (Å²) >= 11 is 0. The highest BCUT2D eigenvalue weighted by Crippen LogP contribution is 2.12. The lowest BCUT2D eigenvalue weighted by Gasteiger charge is -2.12. The van der Waals surface area contributed by atoms with Gasteiger partial charge in [0, 0.05) is 7.47 Å². The average molecular weight is 145 g/mol. The van der Waals surface area contributed by atoms with Crippen LogP contribution in [0.2, 0.25) is 0 Å². The van der Waals surface area contributed by atoms with Crippen molar-refractivity contribution in [1.82, 2.24) is 5.32 Å². The van der Waals surface area contributed by atoms with Crippen molar-refractivity contribution in [3.05, 3.63) is 0 Å². The van der Waals surface area contributed by atoms with Gasteiger partial charge in [-0.1, -0.05) is 27.7 Å². The third-order valence-electron chi connectivity index (χ3n) is 1.90. The van der Waals surface area contributed by atoms with Gasteiger partial charge in [-0.05, 0) is 25.3 Å². The zero-order chi connectivity index (χ0) is 7.98. The molecule has 0 spiro atoms. The molecule has 1 unspecified atom stereocenters. The molecule has 1 aliphatic rings. The summed E-state index contributed by atoms with van der Waals surface area (Å²) in [6.07, 6.45) is 2.76. The van der Waals surface area contributed by atoms with Gasteiger partial charge in [-0.25, -0.2) is 0 Å². The maximum Gasteiger partial charge on any atom is 0.00905 e. The van der Waals surface area contributed by atoms with Crippen molar-refractivity contribution in [2.45, 2.75) is 46.6 Å². The Morgan fingerprint density at radius 2 is 2.00 bits per heavy atom. The molecular formula is C9H23N. The third kappa shape index (κ3) is 3.21. The lowest BCUT2D eigenvalue weighted by atomic mass is 10.0. The molecule has 0 radical (unpaired) electrons. The number of nitrogens with one attached hydrogen (secondary N) is 1. The Labute approximate surface area is 66.7 Å². The van der Waals surface area contributed by atoms with E-state index in [0.717, 1.165) is 12.0 Å². The molecule has 1 fully saturated rings. The van der Waals surface area contributed by atoms with Crippen LogP contribution in [0.15, 0.2) is 0 Å². The first-order valence-electron chi connectivity index (χ1n) is 4.54. The molecule has 0 aliphatic carbocycles. The number of hydrogen-bond donors (Lipinski definition) is 1. The van der Waals surface area contributed by atoms with Crippen molar-refractivity contribution in [3.8, 4) is 0 Å². The molecule has 10 heavy (non-hydrogen) atoms. The lowest BCUT2D eigenvalue weighted by molar-refractivity contribution is 0.452. The molecule has 64 valence electrons. The normalized spacial score (nSPS) is 24.3. The Morgan fingerprint density at radius 3 is 2.20 bits per heavy atom. The van der Waals surface area contributed by atoms with Crippen LogP contribution in [0.4, 0.5) is 0 Å². The molecule has 0 amide bonds. The fourth-order valence-corrected chi connectivity index (χ4v) is 1.28. The molecule has 1 saturated heterocycles. The SMILES string of the molecule is CC.CC(C)C1CCCN1.[HH]. The van der Waals surface area contributed by atoms with E-state index in [4.69, 9.17) is 0 Å². The second kappa shape index (κ2) is 5.72. The lowest BCUT2D eigenvalue weighted by Crippen LogP contribution is -2.26. The minimum atomic E-state index is 0. The van der Waals surface area contributed by atoms with Crippen LogP contribution in [0.25, 0.3) is 0 Å². The van der Waals surface area contributed by atoms with E-state index in [1.165, 1.54) is 19.4 Å². The van der Waals surface area contributed by atoms with Crippen molar-refractivity contribution in [2.24, 2.45) is 5.92 Å². The smallest absolute Gasteiger partial charge is 0.00905 e. The van der Waals surface area contributed by atoms with E-state index in [2.05, 4.69) is 19.2 Å². The molecule has 0 aromatic rings. The molecule has 0 aromatic heterocycles. The molecule has 1 atom stereocenters. The van der Waals surface area contributed by atoms with E-state index in [1.807, 2.05) is 13.8 Å². The van der Waals surface area contributed by atoms with Crippen LogP contribution in [0.5, 0.6) is 0 Å². The summed E-state index contributed by atoms with van der Waals surface area (Å²) in [5.41, 5.74) is 0. The number of hydrogen-bond acceptors (Lipinski definition) is 1. The van der Waals surface area contributed by atoms with Gasteiger partial charge in [0.2, 0.25) is 0 Å². The van der Waals surface area contributed by atoms with Crippen LogP contribution in [-0.4, -0.2) is 12.6 Å². The molecule has 0 saturated carbocycles. The first kappa shape index (κ1) is 9.96. The van der Waals surface area contributed by atoms with Crippen LogP contribution >= 0.6 is 0 Å². The maximum absolute atomic E-state index is 3.46. The van der Waals surface area contributed by atoms with Crippen LogP contribution < -0.4 is 5.32 Å². The quantitative estimate of drug-likeness (QED) is 0.598. The van der Waals surface area contributed by atoms with E-state index >= 15 is 0 Å². The van der Waals surface area contributed by atoms with Gasteiger partial charge in [-0.15, -0.1) is 0 Å². The summed E-state index contributed by atoms with van der Waals surface area (Å²) in [6, 6.07) is 0.815. The molecule has 0 aromatic carbocycles. The van der Waals surface area contributed by atoms with Gasteiger partial charge in [-0.2, -0.15) is 0 Å². The van der Waals surface area contributed by atoms with Crippen LogP contribution in [0.1, 0.15) is 42.0 Å². The maximum atomic E-state index is 3.46. The third-order valence-corrected chi connectivity index (χ3v) is 1.90. The van der Waals surface area contributed by atoms with Crippen molar-refractivity contribution in [2.75, 3.05) is 6.54 Å². The Bertz CT molecular complexity index is 68.0. The highest BCUT2D eigenvalue weighted by Gasteiger charge is 2.16. The minimum Gasteiger partial charge on any atom is -0.314 e. The van der Waals surface area contributed by atoms with E-state index in [0.29, 0.717) is 0 Å². The van der Waals surface area contributed by atoms with Crippen molar-refractivity contribution >= 4 is 0 Å². The Balaban J connectivity index is 0. The molecule has 0 bridgehead atoms. The number of rotatable bonds is 1. The molecular weight excluding hydrogens is 122 g/mol. The Morgan fingerprint density at radius 1 is 1.40 bits per heavy atom. The fraction of sp³-hybridized carbons (Fsp3) is 1.00. The highest BCUT2D eigenvalue weighted by molar-refractivity contribution is 4.76. The monoisotopic (exact) mass is 145 g/mol. The first-order chi connectivity index (χ1) is 4.80. The van der Waals surface area contributed by atoms with Gasteiger partial charge < -0.3 is 5.32 Å². The summed E-state index contributed by atoms with van der Waals surface area (Å²) in [7, 11) is 0. The van der Waals surface area contributed by atoms with Gasteiger partial charge >= 0.3 is 0 Å². The fourth-order valence-electron chi connectivity index (χ4n) is 1.28. The molecule has 1 aliphatic heterocycles. The zero-order valence-corrected chi connectivity index (χ0v) is 7.78. The van der Waals surface area contributed by atoms with Crippen LogP contribution in [0, 0.1) is 5.92 Å². The molecule has 1 N–H and O–H groups in total. The van der Waals surface area contributed by atoms with Crippen molar-refractivity contribution in [3.63, 3.8) is 0 Å².